The Morgan fingerprint density at radius 3 is 2.81 bits per heavy atom. The normalized spacial score (nSPS) is 18.5. The Kier molecular flexibility index (Phi) is 4.18. The molecule has 1 N–H and O–H groups in total. The zero-order valence-corrected chi connectivity index (χ0v) is 12.3. The number of carbonyl (C=O) groups excluding carboxylic acids is 1. The standard InChI is InChI=1S/C16H16ClN3O/c17-13-6-2-1-5-12(13)15-11-18-9-10-20(15)16(21)14-7-3-4-8-19-14/h1-8,15,18H,9-11H2. The van der Waals surface area contributed by atoms with E-state index in [1.54, 1.807) is 18.3 Å². The molecule has 5 heteroatoms. The topological polar surface area (TPSA) is 45.2 Å². The van der Waals surface area contributed by atoms with Crippen molar-refractivity contribution in [1.29, 1.82) is 0 Å². The minimum atomic E-state index is -0.0676. The average molecular weight is 302 g/mol. The quantitative estimate of drug-likeness (QED) is 0.927. The van der Waals surface area contributed by atoms with Gasteiger partial charge in [0.2, 0.25) is 0 Å². The average Bonchev–Trinajstić information content (AvgIpc) is 2.55. The molecule has 2 heterocycles. The first-order chi connectivity index (χ1) is 10.3. The maximum Gasteiger partial charge on any atom is 0.273 e. The van der Waals surface area contributed by atoms with Crippen molar-refractivity contribution >= 4 is 17.5 Å². The third kappa shape index (κ3) is 2.91. The van der Waals surface area contributed by atoms with Crippen LogP contribution in [0.15, 0.2) is 48.7 Å². The van der Waals surface area contributed by atoms with Gasteiger partial charge in [-0.25, -0.2) is 0 Å². The number of halogens is 1. The van der Waals surface area contributed by atoms with Crippen LogP contribution < -0.4 is 5.32 Å². The van der Waals surface area contributed by atoms with Crippen LogP contribution in [0.5, 0.6) is 0 Å². The second-order valence-corrected chi connectivity index (χ2v) is 5.36. The van der Waals surface area contributed by atoms with E-state index in [1.165, 1.54) is 0 Å². The van der Waals surface area contributed by atoms with Crippen molar-refractivity contribution in [3.05, 3.63) is 64.9 Å². The van der Waals surface area contributed by atoms with Crippen molar-refractivity contribution in [3.63, 3.8) is 0 Å². The highest BCUT2D eigenvalue weighted by atomic mass is 35.5. The number of benzene rings is 1. The molecule has 4 nitrogen and oxygen atoms in total. The van der Waals surface area contributed by atoms with Gasteiger partial charge in [-0.1, -0.05) is 35.9 Å². The molecule has 1 unspecified atom stereocenters. The first-order valence-corrected chi connectivity index (χ1v) is 7.32. The van der Waals surface area contributed by atoms with Crippen molar-refractivity contribution < 1.29 is 4.79 Å². The monoisotopic (exact) mass is 301 g/mol. The van der Waals surface area contributed by atoms with Gasteiger partial charge >= 0.3 is 0 Å². The Morgan fingerprint density at radius 2 is 2.05 bits per heavy atom. The Hall–Kier alpha value is -1.91. The number of hydrogen-bond donors (Lipinski definition) is 1. The van der Waals surface area contributed by atoms with Crippen LogP contribution in [-0.2, 0) is 0 Å². The predicted octanol–water partition coefficient (Wildman–Crippen LogP) is 2.52. The van der Waals surface area contributed by atoms with E-state index in [1.807, 2.05) is 35.2 Å². The fourth-order valence-corrected chi connectivity index (χ4v) is 2.87. The van der Waals surface area contributed by atoms with Crippen molar-refractivity contribution in [3.8, 4) is 0 Å². The molecular formula is C16H16ClN3O. The van der Waals surface area contributed by atoms with Gasteiger partial charge in [0, 0.05) is 30.9 Å². The molecule has 0 radical (unpaired) electrons. The maximum absolute atomic E-state index is 12.7. The molecule has 1 amide bonds. The molecule has 1 saturated heterocycles. The van der Waals surface area contributed by atoms with Crippen molar-refractivity contribution in [1.82, 2.24) is 15.2 Å². The third-order valence-corrected chi connectivity index (χ3v) is 4.00. The predicted molar refractivity (Wildman–Crippen MR) is 82.3 cm³/mol. The van der Waals surface area contributed by atoms with E-state index in [9.17, 15) is 4.79 Å². The SMILES string of the molecule is O=C(c1ccccn1)N1CCNCC1c1ccccc1Cl. The van der Waals surface area contributed by atoms with E-state index in [0.29, 0.717) is 23.8 Å². The fourth-order valence-electron chi connectivity index (χ4n) is 2.61. The molecule has 0 spiro atoms. The first-order valence-electron chi connectivity index (χ1n) is 6.94. The van der Waals surface area contributed by atoms with Crippen LogP contribution in [0.25, 0.3) is 0 Å². The van der Waals surface area contributed by atoms with Gasteiger partial charge in [-0.05, 0) is 23.8 Å². The summed E-state index contributed by atoms with van der Waals surface area (Å²) >= 11 is 6.29. The molecule has 1 fully saturated rings. The minimum Gasteiger partial charge on any atom is -0.328 e. The Bertz CT molecular complexity index is 632. The largest absolute Gasteiger partial charge is 0.328 e. The van der Waals surface area contributed by atoms with Crippen LogP contribution in [0.1, 0.15) is 22.1 Å². The van der Waals surface area contributed by atoms with Crippen LogP contribution in [0, 0.1) is 0 Å². The minimum absolute atomic E-state index is 0.0537. The van der Waals surface area contributed by atoms with Gasteiger partial charge in [-0.2, -0.15) is 0 Å². The number of nitrogens with zero attached hydrogens (tertiary/aromatic N) is 2. The van der Waals surface area contributed by atoms with E-state index >= 15 is 0 Å². The van der Waals surface area contributed by atoms with E-state index in [-0.39, 0.29) is 11.9 Å². The number of piperazine rings is 1. The Morgan fingerprint density at radius 1 is 1.24 bits per heavy atom. The van der Waals surface area contributed by atoms with Gasteiger partial charge in [-0.3, -0.25) is 9.78 Å². The number of carbonyl (C=O) groups is 1. The molecule has 21 heavy (non-hydrogen) atoms. The van der Waals surface area contributed by atoms with Gasteiger partial charge in [-0.15, -0.1) is 0 Å². The lowest BCUT2D eigenvalue weighted by Crippen LogP contribution is -2.49. The van der Waals surface area contributed by atoms with Crippen molar-refractivity contribution in [2.24, 2.45) is 0 Å². The summed E-state index contributed by atoms with van der Waals surface area (Å²) in [5.41, 5.74) is 1.44. The van der Waals surface area contributed by atoms with Crippen LogP contribution in [0.4, 0.5) is 0 Å². The lowest BCUT2D eigenvalue weighted by molar-refractivity contribution is 0.0628. The van der Waals surface area contributed by atoms with E-state index < -0.39 is 0 Å². The van der Waals surface area contributed by atoms with Gasteiger partial charge in [0.1, 0.15) is 5.69 Å². The molecule has 1 aliphatic heterocycles. The summed E-state index contributed by atoms with van der Waals surface area (Å²) in [6.45, 7) is 2.12. The number of nitrogens with one attached hydrogen (secondary N) is 1. The molecule has 0 saturated carbocycles. The lowest BCUT2D eigenvalue weighted by atomic mass is 10.0. The summed E-state index contributed by atoms with van der Waals surface area (Å²) in [6.07, 6.45) is 1.64. The second-order valence-electron chi connectivity index (χ2n) is 4.95. The third-order valence-electron chi connectivity index (χ3n) is 3.65. The second kappa shape index (κ2) is 6.24. The number of amides is 1. The highest BCUT2D eigenvalue weighted by molar-refractivity contribution is 6.31. The van der Waals surface area contributed by atoms with Crippen LogP contribution in [0.2, 0.25) is 5.02 Å². The van der Waals surface area contributed by atoms with Crippen LogP contribution >= 0.6 is 11.6 Å². The lowest BCUT2D eigenvalue weighted by Gasteiger charge is -2.36. The van der Waals surface area contributed by atoms with Gasteiger partial charge < -0.3 is 10.2 Å². The fraction of sp³-hybridized carbons (Fsp3) is 0.250. The molecule has 108 valence electrons. The van der Waals surface area contributed by atoms with E-state index in [0.717, 1.165) is 12.1 Å². The molecule has 0 bridgehead atoms. The van der Waals surface area contributed by atoms with E-state index in [2.05, 4.69) is 10.3 Å². The summed E-state index contributed by atoms with van der Waals surface area (Å²) in [5.74, 6) is -0.0537. The molecule has 1 atom stereocenters. The summed E-state index contributed by atoms with van der Waals surface area (Å²) < 4.78 is 0. The molecular weight excluding hydrogens is 286 g/mol. The summed E-state index contributed by atoms with van der Waals surface area (Å²) in [5, 5.41) is 4.01. The molecule has 2 aromatic rings. The Labute approximate surface area is 128 Å². The Balaban J connectivity index is 1.92. The van der Waals surface area contributed by atoms with Crippen LogP contribution in [0.3, 0.4) is 0 Å². The first kappa shape index (κ1) is 14.0. The number of rotatable bonds is 2. The smallest absolute Gasteiger partial charge is 0.273 e. The van der Waals surface area contributed by atoms with Gasteiger partial charge in [0.15, 0.2) is 0 Å². The summed E-state index contributed by atoms with van der Waals surface area (Å²) in [7, 11) is 0. The van der Waals surface area contributed by atoms with Crippen LogP contribution in [-0.4, -0.2) is 35.4 Å². The number of pyridine rings is 1. The van der Waals surface area contributed by atoms with Gasteiger partial charge in [0.05, 0.1) is 6.04 Å². The zero-order chi connectivity index (χ0) is 14.7. The number of aromatic nitrogens is 1. The zero-order valence-electron chi connectivity index (χ0n) is 11.5. The molecule has 3 rings (SSSR count). The highest BCUT2D eigenvalue weighted by Crippen LogP contribution is 2.29. The molecule has 1 aliphatic rings. The van der Waals surface area contributed by atoms with Crippen molar-refractivity contribution in [2.75, 3.05) is 19.6 Å². The maximum atomic E-state index is 12.7. The van der Waals surface area contributed by atoms with Crippen molar-refractivity contribution in [2.45, 2.75) is 6.04 Å². The summed E-state index contributed by atoms with van der Waals surface area (Å²) in [4.78, 5) is 18.7. The molecule has 0 aliphatic carbocycles. The van der Waals surface area contributed by atoms with E-state index in [4.69, 9.17) is 11.6 Å². The molecule has 1 aromatic carbocycles. The molecule has 1 aromatic heterocycles. The number of hydrogen-bond acceptors (Lipinski definition) is 3. The highest BCUT2D eigenvalue weighted by Gasteiger charge is 2.30. The summed E-state index contributed by atoms with van der Waals surface area (Å²) in [6, 6.07) is 13.0. The van der Waals surface area contributed by atoms with Gasteiger partial charge in [0.25, 0.3) is 5.91 Å².